The molecule has 0 aliphatic carbocycles. The summed E-state index contributed by atoms with van der Waals surface area (Å²) in [5.41, 5.74) is 6.89. The lowest BCUT2D eigenvalue weighted by atomic mass is 10.1. The minimum absolute atomic E-state index is 0.0489. The van der Waals surface area contributed by atoms with Gasteiger partial charge in [0, 0.05) is 17.0 Å². The van der Waals surface area contributed by atoms with E-state index < -0.39 is 11.2 Å². The number of esters is 1. The Morgan fingerprint density at radius 2 is 1.84 bits per heavy atom. The number of imide groups is 1. The van der Waals surface area contributed by atoms with Crippen molar-refractivity contribution in [3.8, 4) is 0 Å². The van der Waals surface area contributed by atoms with Gasteiger partial charge in [-0.05, 0) is 24.3 Å². The Morgan fingerprint density at radius 3 is 2.56 bits per heavy atom. The monoisotopic (exact) mass is 356 g/mol. The van der Waals surface area contributed by atoms with Crippen LogP contribution in [0.25, 0.3) is 0 Å². The zero-order valence-corrected chi connectivity index (χ0v) is 14.3. The van der Waals surface area contributed by atoms with Crippen LogP contribution in [-0.2, 0) is 14.3 Å². The van der Waals surface area contributed by atoms with Crippen molar-refractivity contribution >= 4 is 40.9 Å². The SMILES string of the molecule is COC(=O)c1ccccc1N1C(=O)C[C@H](Sc2ccccc2N)C1=O. The molecule has 1 atom stereocenters. The molecule has 3 rings (SSSR count). The highest BCUT2D eigenvalue weighted by atomic mass is 32.2. The molecular formula is C18H16N2O4S. The maximum Gasteiger partial charge on any atom is 0.339 e. The molecule has 2 N–H and O–H groups in total. The second-order valence-electron chi connectivity index (χ2n) is 5.42. The third-order valence-corrected chi connectivity index (χ3v) is 5.12. The first-order valence-corrected chi connectivity index (χ1v) is 8.46. The van der Waals surface area contributed by atoms with Gasteiger partial charge in [-0.3, -0.25) is 9.59 Å². The normalized spacial score (nSPS) is 17.0. The Balaban J connectivity index is 1.90. The summed E-state index contributed by atoms with van der Waals surface area (Å²) >= 11 is 1.25. The summed E-state index contributed by atoms with van der Waals surface area (Å²) in [4.78, 5) is 39.0. The lowest BCUT2D eigenvalue weighted by Gasteiger charge is -2.18. The van der Waals surface area contributed by atoms with Crippen LogP contribution in [0.4, 0.5) is 11.4 Å². The van der Waals surface area contributed by atoms with E-state index in [2.05, 4.69) is 0 Å². The van der Waals surface area contributed by atoms with Crippen LogP contribution in [0.1, 0.15) is 16.8 Å². The van der Waals surface area contributed by atoms with E-state index in [9.17, 15) is 14.4 Å². The average molecular weight is 356 g/mol. The zero-order valence-electron chi connectivity index (χ0n) is 13.5. The zero-order chi connectivity index (χ0) is 18.0. The molecule has 6 nitrogen and oxygen atoms in total. The minimum atomic E-state index is -0.598. The van der Waals surface area contributed by atoms with Crippen LogP contribution in [0.15, 0.2) is 53.4 Å². The van der Waals surface area contributed by atoms with Crippen molar-refractivity contribution in [1.82, 2.24) is 0 Å². The van der Waals surface area contributed by atoms with Crippen molar-refractivity contribution in [2.75, 3.05) is 17.7 Å². The molecule has 7 heteroatoms. The topological polar surface area (TPSA) is 89.7 Å². The van der Waals surface area contributed by atoms with Crippen LogP contribution in [0.2, 0.25) is 0 Å². The molecule has 0 bridgehead atoms. The van der Waals surface area contributed by atoms with E-state index >= 15 is 0 Å². The fraction of sp³-hybridized carbons (Fsp3) is 0.167. The number of nitrogens with two attached hydrogens (primary N) is 1. The lowest BCUT2D eigenvalue weighted by Crippen LogP contribution is -2.32. The predicted octanol–water partition coefficient (Wildman–Crippen LogP) is 2.48. The number of ether oxygens (including phenoxy) is 1. The van der Waals surface area contributed by atoms with E-state index in [1.54, 1.807) is 30.3 Å². The highest BCUT2D eigenvalue weighted by Crippen LogP contribution is 2.37. The Morgan fingerprint density at radius 1 is 1.16 bits per heavy atom. The summed E-state index contributed by atoms with van der Waals surface area (Å²) < 4.78 is 4.74. The summed E-state index contributed by atoms with van der Waals surface area (Å²) in [5.74, 6) is -1.32. The van der Waals surface area contributed by atoms with Crippen molar-refractivity contribution in [2.45, 2.75) is 16.6 Å². The van der Waals surface area contributed by atoms with Gasteiger partial charge in [-0.25, -0.2) is 9.69 Å². The first-order valence-electron chi connectivity index (χ1n) is 7.58. The first kappa shape index (κ1) is 17.0. The fourth-order valence-corrected chi connectivity index (χ4v) is 3.74. The molecular weight excluding hydrogens is 340 g/mol. The van der Waals surface area contributed by atoms with Gasteiger partial charge in [-0.1, -0.05) is 24.3 Å². The van der Waals surface area contributed by atoms with Crippen LogP contribution in [-0.4, -0.2) is 30.1 Å². The number of methoxy groups -OCH3 is 1. The maximum atomic E-state index is 12.8. The highest BCUT2D eigenvalue weighted by Gasteiger charge is 2.41. The standard InChI is InChI=1S/C18H16N2O4S/c1-24-18(23)11-6-2-4-8-13(11)20-16(21)10-15(17(20)22)25-14-9-5-3-7-12(14)19/h2-9,15H,10,19H2,1H3/t15-/m0/s1. The summed E-state index contributed by atoms with van der Waals surface area (Å²) in [6.07, 6.45) is 0.0489. The predicted molar refractivity (Wildman–Crippen MR) is 95.4 cm³/mol. The van der Waals surface area contributed by atoms with E-state index in [0.717, 1.165) is 9.80 Å². The van der Waals surface area contributed by atoms with Crippen molar-refractivity contribution in [1.29, 1.82) is 0 Å². The van der Waals surface area contributed by atoms with Crippen molar-refractivity contribution in [3.05, 3.63) is 54.1 Å². The second kappa shape index (κ2) is 6.98. The molecule has 2 aromatic carbocycles. The van der Waals surface area contributed by atoms with Crippen molar-refractivity contribution in [3.63, 3.8) is 0 Å². The number of amides is 2. The molecule has 1 saturated heterocycles. The van der Waals surface area contributed by atoms with E-state index in [1.165, 1.54) is 24.9 Å². The van der Waals surface area contributed by atoms with Gasteiger partial charge in [0.1, 0.15) is 0 Å². The van der Waals surface area contributed by atoms with E-state index in [1.807, 2.05) is 12.1 Å². The molecule has 25 heavy (non-hydrogen) atoms. The van der Waals surface area contributed by atoms with Gasteiger partial charge >= 0.3 is 5.97 Å². The number of carbonyl (C=O) groups is 3. The Labute approximate surface area is 148 Å². The number of carbonyl (C=O) groups excluding carboxylic acids is 3. The van der Waals surface area contributed by atoms with Gasteiger partial charge in [-0.15, -0.1) is 11.8 Å². The first-order chi connectivity index (χ1) is 12.0. The van der Waals surface area contributed by atoms with Gasteiger partial charge in [0.25, 0.3) is 0 Å². The second-order valence-corrected chi connectivity index (χ2v) is 6.67. The molecule has 1 fully saturated rings. The number of hydrogen-bond acceptors (Lipinski definition) is 6. The molecule has 0 radical (unpaired) electrons. The molecule has 128 valence electrons. The van der Waals surface area contributed by atoms with Crippen LogP contribution in [0.3, 0.4) is 0 Å². The van der Waals surface area contributed by atoms with Gasteiger partial charge in [-0.2, -0.15) is 0 Å². The summed E-state index contributed by atoms with van der Waals surface area (Å²) in [7, 11) is 1.25. The number of benzene rings is 2. The minimum Gasteiger partial charge on any atom is -0.465 e. The third kappa shape index (κ3) is 3.23. The van der Waals surface area contributed by atoms with Gasteiger partial charge in [0.2, 0.25) is 11.8 Å². The van der Waals surface area contributed by atoms with Crippen LogP contribution < -0.4 is 10.6 Å². The Bertz CT molecular complexity index is 852. The quantitative estimate of drug-likeness (QED) is 0.514. The Kier molecular flexibility index (Phi) is 4.76. The number of thioether (sulfide) groups is 1. The van der Waals surface area contributed by atoms with Crippen LogP contribution in [0, 0.1) is 0 Å². The largest absolute Gasteiger partial charge is 0.465 e. The molecule has 1 aliphatic heterocycles. The van der Waals surface area contributed by atoms with Crippen LogP contribution >= 0.6 is 11.8 Å². The summed E-state index contributed by atoms with van der Waals surface area (Å²) in [6.45, 7) is 0. The number of para-hydroxylation sites is 2. The molecule has 0 aromatic heterocycles. The van der Waals surface area contributed by atoms with Crippen LogP contribution in [0.5, 0.6) is 0 Å². The highest BCUT2D eigenvalue weighted by molar-refractivity contribution is 8.00. The lowest BCUT2D eigenvalue weighted by molar-refractivity contribution is -0.121. The maximum absolute atomic E-state index is 12.8. The number of anilines is 2. The van der Waals surface area contributed by atoms with E-state index in [0.29, 0.717) is 5.69 Å². The summed E-state index contributed by atoms with van der Waals surface area (Å²) in [5, 5.41) is -0.581. The molecule has 2 aromatic rings. The third-order valence-electron chi connectivity index (χ3n) is 3.84. The Hall–Kier alpha value is -2.80. The fourth-order valence-electron chi connectivity index (χ4n) is 2.64. The number of rotatable bonds is 4. The number of nitrogen functional groups attached to an aromatic ring is 1. The molecule has 0 spiro atoms. The van der Waals surface area contributed by atoms with Gasteiger partial charge in [0.05, 0.1) is 23.6 Å². The summed E-state index contributed by atoms with van der Waals surface area (Å²) in [6, 6.07) is 13.6. The van der Waals surface area contributed by atoms with Crippen molar-refractivity contribution in [2.24, 2.45) is 0 Å². The molecule has 2 amide bonds. The molecule has 1 heterocycles. The average Bonchev–Trinajstić information content (AvgIpc) is 2.90. The molecule has 0 saturated carbocycles. The number of hydrogen-bond donors (Lipinski definition) is 1. The van der Waals surface area contributed by atoms with Gasteiger partial charge in [0.15, 0.2) is 0 Å². The molecule has 0 unspecified atom stereocenters. The van der Waals surface area contributed by atoms with E-state index in [4.69, 9.17) is 10.5 Å². The smallest absolute Gasteiger partial charge is 0.339 e. The van der Waals surface area contributed by atoms with Gasteiger partial charge < -0.3 is 10.5 Å². The number of nitrogens with zero attached hydrogens (tertiary/aromatic N) is 1. The van der Waals surface area contributed by atoms with Crippen molar-refractivity contribution < 1.29 is 19.1 Å². The molecule has 1 aliphatic rings. The van der Waals surface area contributed by atoms with E-state index in [-0.39, 0.29) is 29.5 Å².